The lowest BCUT2D eigenvalue weighted by Gasteiger charge is -2.42. The van der Waals surface area contributed by atoms with Crippen molar-refractivity contribution in [2.45, 2.75) is 25.5 Å². The number of halogens is 1. The molecule has 0 saturated carbocycles. The van der Waals surface area contributed by atoms with Gasteiger partial charge in [-0.1, -0.05) is 22.0 Å². The van der Waals surface area contributed by atoms with Crippen LogP contribution in [0.2, 0.25) is 5.02 Å². The Morgan fingerprint density at radius 1 is 0.949 bits per heavy atom. The molecule has 2 amide bonds. The number of hydrogen-bond donors (Lipinski definition) is 1. The fraction of sp³-hybridized carbons (Fsp3) is 0.385. The van der Waals surface area contributed by atoms with Crippen LogP contribution in [-0.2, 0) is 11.3 Å². The van der Waals surface area contributed by atoms with Gasteiger partial charge >= 0.3 is 6.09 Å². The Hall–Kier alpha value is -4.03. The standard InChI is InChI=1S/C26H28ClN9O3/c27-19-2-4-22(5-3-19)36-16-20(28-32-36)17-39-26(38)35-13-11-33(12-14-35)21-7-9-34(10-8-21)25(37)18-1-6-23-24(15-18)30-31-29-23/h1-6,15-16,21H,7-14,17H2,(H,29,30,31). The number of ether oxygens (including phenoxy) is 1. The van der Waals surface area contributed by atoms with Crippen LogP contribution in [0.4, 0.5) is 4.79 Å². The summed E-state index contributed by atoms with van der Waals surface area (Å²) < 4.78 is 7.12. The number of carbonyl (C=O) groups excluding carboxylic acids is 2. The first-order valence-electron chi connectivity index (χ1n) is 13.0. The SMILES string of the molecule is O=C(OCc1cn(-c2ccc(Cl)cc2)nn1)N1CCN(C2CCN(C(=O)c3ccc4[nH]nnc4c3)CC2)CC1. The van der Waals surface area contributed by atoms with Crippen molar-refractivity contribution >= 4 is 34.6 Å². The van der Waals surface area contributed by atoms with E-state index in [0.717, 1.165) is 37.1 Å². The highest BCUT2D eigenvalue weighted by atomic mass is 35.5. The van der Waals surface area contributed by atoms with Crippen LogP contribution in [-0.4, -0.2) is 102 Å². The smallest absolute Gasteiger partial charge is 0.410 e. The number of aromatic nitrogens is 6. The predicted octanol–water partition coefficient (Wildman–Crippen LogP) is 2.75. The Bertz CT molecular complexity index is 1450. The molecule has 2 aromatic heterocycles. The van der Waals surface area contributed by atoms with Crippen LogP contribution in [0.25, 0.3) is 16.7 Å². The number of amides is 2. The second kappa shape index (κ2) is 11.0. The Kier molecular flexibility index (Phi) is 7.12. The lowest BCUT2D eigenvalue weighted by Crippen LogP contribution is -2.54. The molecule has 0 aliphatic carbocycles. The summed E-state index contributed by atoms with van der Waals surface area (Å²) in [5.41, 5.74) is 3.53. The van der Waals surface area contributed by atoms with Gasteiger partial charge in [-0.25, -0.2) is 9.48 Å². The van der Waals surface area contributed by atoms with Gasteiger partial charge in [0.15, 0.2) is 0 Å². The number of hydrogen-bond acceptors (Lipinski definition) is 8. The number of fused-ring (bicyclic) bond motifs is 1. The lowest BCUT2D eigenvalue weighted by atomic mass is 10.0. The third-order valence-electron chi connectivity index (χ3n) is 7.39. The summed E-state index contributed by atoms with van der Waals surface area (Å²) >= 11 is 5.94. The van der Waals surface area contributed by atoms with Crippen molar-refractivity contribution in [1.29, 1.82) is 0 Å². The predicted molar refractivity (Wildman–Crippen MR) is 143 cm³/mol. The summed E-state index contributed by atoms with van der Waals surface area (Å²) in [4.78, 5) is 31.7. The van der Waals surface area contributed by atoms with Crippen molar-refractivity contribution in [3.63, 3.8) is 0 Å². The number of likely N-dealkylation sites (tertiary alicyclic amines) is 1. The topological polar surface area (TPSA) is 125 Å². The van der Waals surface area contributed by atoms with Crippen molar-refractivity contribution in [3.8, 4) is 5.69 Å². The second-order valence-electron chi connectivity index (χ2n) is 9.78. The summed E-state index contributed by atoms with van der Waals surface area (Å²) in [5.74, 6) is 0.0270. The molecule has 0 atom stereocenters. The monoisotopic (exact) mass is 549 g/mol. The Morgan fingerprint density at radius 3 is 2.49 bits per heavy atom. The molecule has 2 aliphatic heterocycles. The van der Waals surface area contributed by atoms with Gasteiger partial charge < -0.3 is 14.5 Å². The highest BCUT2D eigenvalue weighted by molar-refractivity contribution is 6.30. The van der Waals surface area contributed by atoms with Crippen molar-refractivity contribution in [1.82, 2.24) is 45.1 Å². The normalized spacial score (nSPS) is 17.1. The van der Waals surface area contributed by atoms with E-state index in [1.807, 2.05) is 29.2 Å². The van der Waals surface area contributed by atoms with Crippen molar-refractivity contribution in [2.24, 2.45) is 0 Å². The molecule has 0 spiro atoms. The molecular formula is C26H28ClN9O3. The number of piperazine rings is 1. The van der Waals surface area contributed by atoms with Gasteiger partial charge in [0.2, 0.25) is 0 Å². The van der Waals surface area contributed by atoms with E-state index in [2.05, 4.69) is 30.6 Å². The third kappa shape index (κ3) is 5.57. The summed E-state index contributed by atoms with van der Waals surface area (Å²) in [6.07, 6.45) is 3.20. The molecule has 4 aromatic rings. The first-order chi connectivity index (χ1) is 19.0. The quantitative estimate of drug-likeness (QED) is 0.403. The van der Waals surface area contributed by atoms with Gasteiger partial charge in [-0.3, -0.25) is 14.8 Å². The van der Waals surface area contributed by atoms with E-state index in [0.29, 0.717) is 54.0 Å². The van der Waals surface area contributed by atoms with Gasteiger partial charge in [0.25, 0.3) is 5.91 Å². The van der Waals surface area contributed by atoms with E-state index in [-0.39, 0.29) is 18.6 Å². The molecule has 2 saturated heterocycles. The van der Waals surface area contributed by atoms with Crippen LogP contribution >= 0.6 is 11.6 Å². The maximum absolute atomic E-state index is 13.0. The van der Waals surface area contributed by atoms with Gasteiger partial charge in [0.05, 0.1) is 17.4 Å². The molecule has 12 nitrogen and oxygen atoms in total. The maximum atomic E-state index is 13.0. The van der Waals surface area contributed by atoms with Crippen LogP contribution in [0.3, 0.4) is 0 Å². The molecule has 202 valence electrons. The molecule has 1 N–H and O–H groups in total. The molecule has 2 fully saturated rings. The number of piperidine rings is 1. The largest absolute Gasteiger partial charge is 0.443 e. The van der Waals surface area contributed by atoms with E-state index in [1.54, 1.807) is 34.0 Å². The fourth-order valence-electron chi connectivity index (χ4n) is 5.17. The first-order valence-corrected chi connectivity index (χ1v) is 13.3. The van der Waals surface area contributed by atoms with Crippen LogP contribution in [0.5, 0.6) is 0 Å². The van der Waals surface area contributed by atoms with Gasteiger partial charge in [-0.2, -0.15) is 0 Å². The molecule has 6 rings (SSSR count). The molecular weight excluding hydrogens is 522 g/mol. The summed E-state index contributed by atoms with van der Waals surface area (Å²) in [5, 5.41) is 19.4. The minimum atomic E-state index is -0.347. The van der Waals surface area contributed by atoms with E-state index in [4.69, 9.17) is 16.3 Å². The van der Waals surface area contributed by atoms with Gasteiger partial charge in [-0.15, -0.1) is 10.2 Å². The van der Waals surface area contributed by atoms with Crippen LogP contribution in [0.15, 0.2) is 48.7 Å². The number of nitrogens with one attached hydrogen (secondary N) is 1. The number of nitrogens with zero attached hydrogens (tertiary/aromatic N) is 8. The number of aromatic amines is 1. The van der Waals surface area contributed by atoms with Gasteiger partial charge in [-0.05, 0) is 55.3 Å². The Balaban J connectivity index is 0.941. The van der Waals surface area contributed by atoms with E-state index in [9.17, 15) is 9.59 Å². The highest BCUT2D eigenvalue weighted by Crippen LogP contribution is 2.21. The molecule has 2 aliphatic rings. The van der Waals surface area contributed by atoms with E-state index < -0.39 is 0 Å². The molecule has 0 unspecified atom stereocenters. The van der Waals surface area contributed by atoms with Crippen LogP contribution in [0.1, 0.15) is 28.9 Å². The number of H-pyrrole nitrogens is 1. The Labute approximate surface area is 229 Å². The van der Waals surface area contributed by atoms with Crippen LogP contribution < -0.4 is 0 Å². The minimum Gasteiger partial charge on any atom is -0.443 e. The average Bonchev–Trinajstić information content (AvgIpc) is 3.66. The molecule has 39 heavy (non-hydrogen) atoms. The average molecular weight is 550 g/mol. The first kappa shape index (κ1) is 25.3. The molecule has 2 aromatic carbocycles. The highest BCUT2D eigenvalue weighted by Gasteiger charge is 2.31. The number of benzene rings is 2. The van der Waals surface area contributed by atoms with Crippen molar-refractivity contribution in [3.05, 3.63) is 64.9 Å². The molecule has 4 heterocycles. The van der Waals surface area contributed by atoms with Crippen molar-refractivity contribution < 1.29 is 14.3 Å². The van der Waals surface area contributed by atoms with Gasteiger partial charge in [0, 0.05) is 55.9 Å². The van der Waals surface area contributed by atoms with E-state index in [1.165, 1.54) is 0 Å². The number of rotatable bonds is 5. The summed E-state index contributed by atoms with van der Waals surface area (Å²) in [6.45, 7) is 4.24. The van der Waals surface area contributed by atoms with Crippen LogP contribution in [0, 0.1) is 0 Å². The molecule has 0 bridgehead atoms. The fourth-order valence-corrected chi connectivity index (χ4v) is 5.30. The third-order valence-corrected chi connectivity index (χ3v) is 7.64. The summed E-state index contributed by atoms with van der Waals surface area (Å²) in [7, 11) is 0. The summed E-state index contributed by atoms with van der Waals surface area (Å²) in [6, 6.07) is 13.1. The number of carbonyl (C=O) groups is 2. The van der Waals surface area contributed by atoms with E-state index >= 15 is 0 Å². The minimum absolute atomic E-state index is 0.0270. The zero-order valence-corrected chi connectivity index (χ0v) is 22.0. The Morgan fingerprint density at radius 2 is 1.72 bits per heavy atom. The van der Waals surface area contributed by atoms with Gasteiger partial charge in [0.1, 0.15) is 17.8 Å². The molecule has 0 radical (unpaired) electrons. The zero-order valence-electron chi connectivity index (χ0n) is 21.2. The maximum Gasteiger partial charge on any atom is 0.410 e. The zero-order chi connectivity index (χ0) is 26.8. The second-order valence-corrected chi connectivity index (χ2v) is 10.2. The lowest BCUT2D eigenvalue weighted by molar-refractivity contribution is 0.0391. The molecule has 13 heteroatoms. The van der Waals surface area contributed by atoms with Crippen molar-refractivity contribution in [2.75, 3.05) is 39.3 Å².